The van der Waals surface area contributed by atoms with Crippen molar-refractivity contribution in [2.75, 3.05) is 37.4 Å². The van der Waals surface area contributed by atoms with Crippen LogP contribution in [0.15, 0.2) is 6.20 Å². The molecule has 16 heavy (non-hydrogen) atoms. The Morgan fingerprint density at radius 2 is 2.19 bits per heavy atom. The number of nitrogens with zero attached hydrogens (tertiary/aromatic N) is 2. The van der Waals surface area contributed by atoms with Gasteiger partial charge in [0.15, 0.2) is 11.6 Å². The van der Waals surface area contributed by atoms with Crippen molar-refractivity contribution in [3.63, 3.8) is 0 Å². The van der Waals surface area contributed by atoms with Crippen molar-refractivity contribution < 1.29 is 9.13 Å². The van der Waals surface area contributed by atoms with E-state index in [0.717, 1.165) is 19.2 Å². The lowest BCUT2D eigenvalue weighted by atomic mass is 10.5. The number of methoxy groups -OCH3 is 1. The topological polar surface area (TPSA) is 59.1 Å². The molecule has 0 fully saturated rings. The van der Waals surface area contributed by atoms with Crippen LogP contribution >= 0.6 is 0 Å². The van der Waals surface area contributed by atoms with Gasteiger partial charge in [-0.25, -0.2) is 9.37 Å². The number of hydrogen-bond donors (Lipinski definition) is 2. The molecule has 0 saturated heterocycles. The molecule has 0 aliphatic rings. The fourth-order valence-electron chi connectivity index (χ4n) is 1.08. The number of halogens is 1. The van der Waals surface area contributed by atoms with Crippen molar-refractivity contribution in [1.82, 2.24) is 9.97 Å². The minimum absolute atomic E-state index is 0.200. The molecule has 0 atom stereocenters. The smallest absolute Gasteiger partial charge is 0.224 e. The van der Waals surface area contributed by atoms with Crippen LogP contribution in [0.1, 0.15) is 13.3 Å². The van der Waals surface area contributed by atoms with Gasteiger partial charge in [-0.3, -0.25) is 0 Å². The van der Waals surface area contributed by atoms with Gasteiger partial charge in [0.25, 0.3) is 0 Å². The predicted octanol–water partition coefficient (Wildman–Crippen LogP) is 1.50. The summed E-state index contributed by atoms with van der Waals surface area (Å²) in [7, 11) is 1.59. The highest BCUT2D eigenvalue weighted by Gasteiger charge is 2.05. The summed E-state index contributed by atoms with van der Waals surface area (Å²) in [4.78, 5) is 7.85. The second-order valence-electron chi connectivity index (χ2n) is 3.24. The lowest BCUT2D eigenvalue weighted by Gasteiger charge is -2.08. The molecule has 1 aromatic rings. The second kappa shape index (κ2) is 6.95. The van der Waals surface area contributed by atoms with Crippen molar-refractivity contribution in [2.24, 2.45) is 0 Å². The van der Waals surface area contributed by atoms with Crippen LogP contribution < -0.4 is 10.6 Å². The molecule has 0 saturated carbocycles. The van der Waals surface area contributed by atoms with E-state index in [1.54, 1.807) is 7.11 Å². The Morgan fingerprint density at radius 3 is 2.88 bits per heavy atom. The van der Waals surface area contributed by atoms with Crippen molar-refractivity contribution in [3.8, 4) is 0 Å². The lowest BCUT2D eigenvalue weighted by molar-refractivity contribution is 0.210. The highest BCUT2D eigenvalue weighted by Crippen LogP contribution is 2.11. The molecule has 0 aromatic carbocycles. The maximum Gasteiger partial charge on any atom is 0.224 e. The number of rotatable bonds is 7. The SMILES string of the molecule is CCCNc1ncc(F)c(NCCOC)n1. The average molecular weight is 228 g/mol. The molecule has 6 heteroatoms. The van der Waals surface area contributed by atoms with Crippen LogP contribution in [0.25, 0.3) is 0 Å². The molecular formula is C10H17FN4O. The van der Waals surface area contributed by atoms with E-state index in [4.69, 9.17) is 4.74 Å². The first-order valence-electron chi connectivity index (χ1n) is 5.27. The van der Waals surface area contributed by atoms with Crippen LogP contribution in [0.2, 0.25) is 0 Å². The van der Waals surface area contributed by atoms with Crippen molar-refractivity contribution in [3.05, 3.63) is 12.0 Å². The summed E-state index contributed by atoms with van der Waals surface area (Å²) in [6.07, 6.45) is 2.12. The van der Waals surface area contributed by atoms with Gasteiger partial charge in [-0.15, -0.1) is 0 Å². The van der Waals surface area contributed by atoms with Gasteiger partial charge in [0, 0.05) is 20.2 Å². The van der Waals surface area contributed by atoms with Gasteiger partial charge in [0.2, 0.25) is 5.95 Å². The zero-order chi connectivity index (χ0) is 11.8. The third kappa shape index (κ3) is 3.98. The Morgan fingerprint density at radius 1 is 1.38 bits per heavy atom. The molecule has 1 aromatic heterocycles. The van der Waals surface area contributed by atoms with Crippen LogP contribution in [-0.4, -0.2) is 36.8 Å². The van der Waals surface area contributed by atoms with Crippen LogP contribution in [0.5, 0.6) is 0 Å². The van der Waals surface area contributed by atoms with Crippen molar-refractivity contribution >= 4 is 11.8 Å². The minimum Gasteiger partial charge on any atom is -0.383 e. The van der Waals surface area contributed by atoms with E-state index >= 15 is 0 Å². The first kappa shape index (κ1) is 12.6. The van der Waals surface area contributed by atoms with Gasteiger partial charge in [0.1, 0.15) is 0 Å². The summed E-state index contributed by atoms with van der Waals surface area (Å²) in [5.74, 6) is 0.173. The molecule has 1 rings (SSSR count). The molecule has 0 bridgehead atoms. The van der Waals surface area contributed by atoms with E-state index in [0.29, 0.717) is 19.1 Å². The molecule has 0 unspecified atom stereocenters. The van der Waals surface area contributed by atoms with E-state index < -0.39 is 5.82 Å². The summed E-state index contributed by atoms with van der Waals surface area (Å²) >= 11 is 0. The quantitative estimate of drug-likeness (QED) is 0.692. The van der Waals surface area contributed by atoms with E-state index in [-0.39, 0.29) is 5.82 Å². The van der Waals surface area contributed by atoms with Crippen LogP contribution in [-0.2, 0) is 4.74 Å². The highest BCUT2D eigenvalue weighted by molar-refractivity contribution is 5.40. The Kier molecular flexibility index (Phi) is 5.49. The van der Waals surface area contributed by atoms with Crippen LogP contribution in [0.4, 0.5) is 16.2 Å². The number of nitrogens with one attached hydrogen (secondary N) is 2. The predicted molar refractivity (Wildman–Crippen MR) is 61.1 cm³/mol. The Bertz CT molecular complexity index is 322. The average Bonchev–Trinajstić information content (AvgIpc) is 2.30. The van der Waals surface area contributed by atoms with E-state index in [1.807, 2.05) is 6.92 Å². The van der Waals surface area contributed by atoms with Gasteiger partial charge < -0.3 is 15.4 Å². The fraction of sp³-hybridized carbons (Fsp3) is 0.600. The molecule has 0 aliphatic carbocycles. The second-order valence-corrected chi connectivity index (χ2v) is 3.24. The van der Waals surface area contributed by atoms with Gasteiger partial charge in [-0.05, 0) is 6.42 Å². The zero-order valence-electron chi connectivity index (χ0n) is 9.59. The summed E-state index contributed by atoms with van der Waals surface area (Å²) in [5.41, 5.74) is 0. The first-order chi connectivity index (χ1) is 7.77. The van der Waals surface area contributed by atoms with Crippen LogP contribution in [0, 0.1) is 5.82 Å². The molecular weight excluding hydrogens is 211 g/mol. The standard InChI is InChI=1S/C10H17FN4O/c1-3-4-13-10-14-7-8(11)9(15-10)12-5-6-16-2/h7H,3-6H2,1-2H3,(H2,12,13,14,15). The number of hydrogen-bond acceptors (Lipinski definition) is 5. The van der Waals surface area contributed by atoms with Crippen molar-refractivity contribution in [2.45, 2.75) is 13.3 Å². The molecule has 0 aliphatic heterocycles. The van der Waals surface area contributed by atoms with Crippen LogP contribution in [0.3, 0.4) is 0 Å². The van der Waals surface area contributed by atoms with Gasteiger partial charge in [-0.2, -0.15) is 4.98 Å². The van der Waals surface area contributed by atoms with E-state index in [9.17, 15) is 4.39 Å². The Hall–Kier alpha value is -1.43. The van der Waals surface area contributed by atoms with E-state index in [2.05, 4.69) is 20.6 Å². The minimum atomic E-state index is -0.460. The molecule has 1 heterocycles. The summed E-state index contributed by atoms with van der Waals surface area (Å²) in [5, 5.41) is 5.83. The summed E-state index contributed by atoms with van der Waals surface area (Å²) in [6, 6.07) is 0. The van der Waals surface area contributed by atoms with Gasteiger partial charge >= 0.3 is 0 Å². The summed E-state index contributed by atoms with van der Waals surface area (Å²) in [6.45, 7) is 3.82. The highest BCUT2D eigenvalue weighted by atomic mass is 19.1. The first-order valence-corrected chi connectivity index (χ1v) is 5.27. The third-order valence-corrected chi connectivity index (χ3v) is 1.88. The normalized spacial score (nSPS) is 10.2. The maximum absolute atomic E-state index is 13.3. The number of aromatic nitrogens is 2. The molecule has 0 spiro atoms. The molecule has 0 amide bonds. The Balaban J connectivity index is 2.59. The molecule has 5 nitrogen and oxygen atoms in total. The Labute approximate surface area is 94.4 Å². The van der Waals surface area contributed by atoms with E-state index in [1.165, 1.54) is 0 Å². The molecule has 90 valence electrons. The fourth-order valence-corrected chi connectivity index (χ4v) is 1.08. The monoisotopic (exact) mass is 228 g/mol. The third-order valence-electron chi connectivity index (χ3n) is 1.88. The largest absolute Gasteiger partial charge is 0.383 e. The molecule has 2 N–H and O–H groups in total. The number of ether oxygens (including phenoxy) is 1. The number of anilines is 2. The maximum atomic E-state index is 13.3. The molecule has 0 radical (unpaired) electrons. The van der Waals surface area contributed by atoms with Crippen molar-refractivity contribution in [1.29, 1.82) is 0 Å². The lowest BCUT2D eigenvalue weighted by Crippen LogP contribution is -2.12. The van der Waals surface area contributed by atoms with Gasteiger partial charge in [0.05, 0.1) is 12.8 Å². The van der Waals surface area contributed by atoms with Gasteiger partial charge in [-0.1, -0.05) is 6.92 Å². The summed E-state index contributed by atoms with van der Waals surface area (Å²) < 4.78 is 18.1. The zero-order valence-corrected chi connectivity index (χ0v) is 9.59.